The summed E-state index contributed by atoms with van der Waals surface area (Å²) in [6.07, 6.45) is 0. The van der Waals surface area contributed by atoms with Gasteiger partial charge in [-0.3, -0.25) is 4.18 Å². The highest BCUT2D eigenvalue weighted by molar-refractivity contribution is 7.81. The van der Waals surface area contributed by atoms with E-state index in [0.29, 0.717) is 6.61 Å². The normalized spacial score (nSPS) is 15.6. The third kappa shape index (κ3) is 3.65. The molecule has 0 fully saturated rings. The van der Waals surface area contributed by atoms with Crippen LogP contribution in [-0.4, -0.2) is 15.6 Å². The Morgan fingerprint density at radius 2 is 1.89 bits per heavy atom. The molecule has 0 unspecified atom stereocenters. The van der Waals surface area contributed by atoms with Gasteiger partial charge in [0.2, 0.25) is 0 Å². The maximum Gasteiger partial charge on any atom is 0.160 e. The van der Waals surface area contributed by atoms with E-state index in [0.717, 1.165) is 0 Å². The Hall–Kier alpha value is 0.110. The minimum absolute atomic E-state index is 0.240. The van der Waals surface area contributed by atoms with E-state index in [1.54, 1.807) is 0 Å². The molecular weight excluding hydrogens is 136 g/mol. The summed E-state index contributed by atoms with van der Waals surface area (Å²) in [5.41, 5.74) is 0. The molecule has 1 atom stereocenters. The quantitative estimate of drug-likeness (QED) is 0.596. The molecule has 0 saturated carbocycles. The Morgan fingerprint density at radius 1 is 1.44 bits per heavy atom. The molecule has 0 bridgehead atoms. The lowest BCUT2D eigenvalue weighted by Gasteiger charge is -2.15. The fraction of sp³-hybridized carbons (Fsp3) is 1.00. The number of hydrogen-bond acceptors (Lipinski definition) is 2. The van der Waals surface area contributed by atoms with Gasteiger partial charge in [0.25, 0.3) is 0 Å². The van der Waals surface area contributed by atoms with Crippen LogP contribution in [0.1, 0.15) is 27.7 Å². The van der Waals surface area contributed by atoms with Gasteiger partial charge in [-0.05, 0) is 27.7 Å². The van der Waals surface area contributed by atoms with E-state index in [9.17, 15) is 4.21 Å². The van der Waals surface area contributed by atoms with Gasteiger partial charge >= 0.3 is 0 Å². The molecule has 9 heavy (non-hydrogen) atoms. The van der Waals surface area contributed by atoms with Crippen molar-refractivity contribution < 1.29 is 8.39 Å². The van der Waals surface area contributed by atoms with Crippen LogP contribution in [0.2, 0.25) is 0 Å². The van der Waals surface area contributed by atoms with Crippen molar-refractivity contribution in [1.29, 1.82) is 0 Å². The molecule has 0 saturated heterocycles. The first kappa shape index (κ1) is 9.11. The summed E-state index contributed by atoms with van der Waals surface area (Å²) in [6.45, 7) is 8.02. The van der Waals surface area contributed by atoms with Gasteiger partial charge in [0.15, 0.2) is 11.1 Å². The maximum absolute atomic E-state index is 11.0. The molecule has 0 aromatic heterocycles. The van der Waals surface area contributed by atoms with E-state index in [1.807, 2.05) is 27.7 Å². The summed E-state index contributed by atoms with van der Waals surface area (Å²) >= 11 is -1.14. The Labute approximate surface area is 59.3 Å². The molecule has 2 nitrogen and oxygen atoms in total. The molecule has 0 radical (unpaired) electrons. The second kappa shape index (κ2) is 3.32. The predicted octanol–water partition coefficient (Wildman–Crippen LogP) is 1.49. The van der Waals surface area contributed by atoms with E-state index < -0.39 is 11.1 Å². The summed E-state index contributed by atoms with van der Waals surface area (Å²) in [5.74, 6) is 0. The molecule has 0 N–H and O–H groups in total. The third-order valence-corrected chi connectivity index (χ3v) is 2.17. The first-order valence-electron chi connectivity index (χ1n) is 3.03. The van der Waals surface area contributed by atoms with Crippen molar-refractivity contribution in [3.63, 3.8) is 0 Å². The Morgan fingerprint density at radius 3 is 2.00 bits per heavy atom. The predicted molar refractivity (Wildman–Crippen MR) is 39.5 cm³/mol. The lowest BCUT2D eigenvalue weighted by Crippen LogP contribution is -2.23. The summed E-state index contributed by atoms with van der Waals surface area (Å²) in [6, 6.07) is 0. The van der Waals surface area contributed by atoms with Crippen molar-refractivity contribution in [2.45, 2.75) is 32.4 Å². The van der Waals surface area contributed by atoms with Crippen molar-refractivity contribution in [2.75, 3.05) is 6.61 Å². The lowest BCUT2D eigenvalue weighted by molar-refractivity contribution is 0.359. The fourth-order valence-corrected chi connectivity index (χ4v) is 0.851. The smallest absolute Gasteiger partial charge is 0.160 e. The molecule has 0 aromatic rings. The van der Waals surface area contributed by atoms with Gasteiger partial charge in [-0.1, -0.05) is 0 Å². The molecule has 0 rings (SSSR count). The van der Waals surface area contributed by atoms with Crippen molar-refractivity contribution in [2.24, 2.45) is 0 Å². The van der Waals surface area contributed by atoms with Crippen LogP contribution in [0.25, 0.3) is 0 Å². The molecule has 56 valence electrons. The van der Waals surface area contributed by atoms with Crippen LogP contribution in [0.4, 0.5) is 0 Å². The fourth-order valence-electron chi connectivity index (χ4n) is 0.284. The molecule has 0 spiro atoms. The Bertz CT molecular complexity index is 104. The third-order valence-electron chi connectivity index (χ3n) is 0.725. The second-order valence-corrected chi connectivity index (χ2v) is 4.68. The first-order valence-corrected chi connectivity index (χ1v) is 4.11. The summed E-state index contributed by atoms with van der Waals surface area (Å²) in [5, 5.41) is 0. The van der Waals surface area contributed by atoms with Crippen LogP contribution in [0, 0.1) is 0 Å². The molecule has 0 aliphatic carbocycles. The van der Waals surface area contributed by atoms with Crippen LogP contribution in [0.5, 0.6) is 0 Å². The van der Waals surface area contributed by atoms with Crippen LogP contribution in [0.3, 0.4) is 0 Å². The standard InChI is InChI=1S/C6H14O2S/c1-5-8-9(7)6(2,3)4/h5H2,1-4H3/t9-/m0/s1. The zero-order valence-corrected chi connectivity index (χ0v) is 7.25. The summed E-state index contributed by atoms with van der Waals surface area (Å²) in [4.78, 5) is 0. The zero-order chi connectivity index (χ0) is 7.49. The van der Waals surface area contributed by atoms with E-state index in [-0.39, 0.29) is 4.75 Å². The van der Waals surface area contributed by atoms with Crippen molar-refractivity contribution in [1.82, 2.24) is 0 Å². The van der Waals surface area contributed by atoms with E-state index in [1.165, 1.54) is 0 Å². The van der Waals surface area contributed by atoms with Crippen molar-refractivity contribution >= 4 is 11.1 Å². The largest absolute Gasteiger partial charge is 0.290 e. The summed E-state index contributed by atoms with van der Waals surface area (Å²) < 4.78 is 15.6. The monoisotopic (exact) mass is 150 g/mol. The first-order chi connectivity index (χ1) is 3.98. The van der Waals surface area contributed by atoms with Gasteiger partial charge in [0, 0.05) is 0 Å². The van der Waals surface area contributed by atoms with Gasteiger partial charge < -0.3 is 0 Å². The van der Waals surface area contributed by atoms with Crippen LogP contribution in [0.15, 0.2) is 0 Å². The number of rotatable bonds is 2. The highest BCUT2D eigenvalue weighted by atomic mass is 32.2. The molecule has 0 aliphatic rings. The van der Waals surface area contributed by atoms with Crippen LogP contribution < -0.4 is 0 Å². The van der Waals surface area contributed by atoms with E-state index in [2.05, 4.69) is 0 Å². The molecule has 0 heterocycles. The molecule has 0 aliphatic heterocycles. The van der Waals surface area contributed by atoms with Crippen molar-refractivity contribution in [3.8, 4) is 0 Å². The highest BCUT2D eigenvalue weighted by Crippen LogP contribution is 2.11. The Balaban J connectivity index is 3.74. The Kier molecular flexibility index (Phi) is 3.36. The van der Waals surface area contributed by atoms with Crippen LogP contribution >= 0.6 is 0 Å². The summed E-state index contributed by atoms with van der Waals surface area (Å²) in [7, 11) is 0. The van der Waals surface area contributed by atoms with Gasteiger partial charge in [-0.15, -0.1) is 0 Å². The molecule has 3 heteroatoms. The van der Waals surface area contributed by atoms with E-state index in [4.69, 9.17) is 4.18 Å². The van der Waals surface area contributed by atoms with Crippen molar-refractivity contribution in [3.05, 3.63) is 0 Å². The van der Waals surface area contributed by atoms with Gasteiger partial charge in [-0.25, -0.2) is 4.21 Å². The SMILES string of the molecule is CCO[S@](=O)C(C)(C)C. The average Bonchev–Trinajstić information content (AvgIpc) is 1.64. The van der Waals surface area contributed by atoms with Gasteiger partial charge in [-0.2, -0.15) is 0 Å². The zero-order valence-electron chi connectivity index (χ0n) is 6.43. The average molecular weight is 150 g/mol. The second-order valence-electron chi connectivity index (χ2n) is 2.75. The minimum atomic E-state index is -1.14. The van der Waals surface area contributed by atoms with Crippen LogP contribution in [-0.2, 0) is 15.3 Å². The molecular formula is C6H14O2S. The highest BCUT2D eigenvalue weighted by Gasteiger charge is 2.19. The van der Waals surface area contributed by atoms with E-state index >= 15 is 0 Å². The van der Waals surface area contributed by atoms with Gasteiger partial charge in [0.1, 0.15) is 0 Å². The molecule has 0 amide bonds. The minimum Gasteiger partial charge on any atom is -0.290 e. The van der Waals surface area contributed by atoms with Gasteiger partial charge in [0.05, 0.1) is 11.4 Å². The molecule has 0 aromatic carbocycles. The topological polar surface area (TPSA) is 26.3 Å². The maximum atomic E-state index is 11.0. The number of hydrogen-bond donors (Lipinski definition) is 0. The lowest BCUT2D eigenvalue weighted by atomic mass is 10.3.